The molecule has 6 heteroatoms. The van der Waals surface area contributed by atoms with Crippen LogP contribution < -0.4 is 4.74 Å². The van der Waals surface area contributed by atoms with Crippen molar-refractivity contribution < 1.29 is 14.6 Å². The van der Waals surface area contributed by atoms with E-state index in [1.807, 2.05) is 62.4 Å². The first-order valence-corrected chi connectivity index (χ1v) is 10.2. The summed E-state index contributed by atoms with van der Waals surface area (Å²) in [6.45, 7) is 4.33. The zero-order chi connectivity index (χ0) is 19.9. The van der Waals surface area contributed by atoms with Crippen LogP contribution in [0.5, 0.6) is 5.75 Å². The van der Waals surface area contributed by atoms with Crippen LogP contribution in [0.4, 0.5) is 0 Å². The maximum absolute atomic E-state index is 12.8. The average Bonchev–Trinajstić information content (AvgIpc) is 2.94. The SMILES string of the molecule is CC1(C)S[C@@H]2C(C(O)c3ccccc3OCc3ccccc3)C(=O)N2[C@H]1C#N. The maximum atomic E-state index is 12.8. The number of thioether (sulfide) groups is 1. The molecule has 4 atom stereocenters. The van der Waals surface area contributed by atoms with Crippen molar-refractivity contribution in [1.29, 1.82) is 5.26 Å². The number of fused-ring (bicyclic) bond motifs is 1. The Kier molecular flexibility index (Phi) is 4.82. The number of ether oxygens (including phenoxy) is 1. The van der Waals surface area contributed by atoms with Gasteiger partial charge in [0.1, 0.15) is 18.4 Å². The Hall–Kier alpha value is -2.49. The number of amides is 1. The molecule has 0 aromatic heterocycles. The fourth-order valence-electron chi connectivity index (χ4n) is 3.92. The van der Waals surface area contributed by atoms with Gasteiger partial charge in [-0.3, -0.25) is 4.79 Å². The molecule has 2 unspecified atom stereocenters. The van der Waals surface area contributed by atoms with Crippen LogP contribution in [0.25, 0.3) is 0 Å². The van der Waals surface area contributed by atoms with E-state index in [0.717, 1.165) is 5.56 Å². The number of β-lactam (4-membered cyclic amide) rings is 1. The van der Waals surface area contributed by atoms with Gasteiger partial charge in [-0.2, -0.15) is 5.26 Å². The zero-order valence-corrected chi connectivity index (χ0v) is 16.6. The minimum atomic E-state index is -0.971. The summed E-state index contributed by atoms with van der Waals surface area (Å²) in [7, 11) is 0. The molecule has 2 aliphatic heterocycles. The fraction of sp³-hybridized carbons (Fsp3) is 0.364. The molecule has 144 valence electrons. The lowest BCUT2D eigenvalue weighted by Gasteiger charge is -2.45. The van der Waals surface area contributed by atoms with Crippen molar-refractivity contribution in [3.63, 3.8) is 0 Å². The molecule has 2 aliphatic rings. The Bertz CT molecular complexity index is 925. The second kappa shape index (κ2) is 7.16. The fourth-order valence-corrected chi connectivity index (χ4v) is 5.59. The summed E-state index contributed by atoms with van der Waals surface area (Å²) >= 11 is 1.58. The van der Waals surface area contributed by atoms with Gasteiger partial charge in [0.2, 0.25) is 5.91 Å². The standard InChI is InChI=1S/C22H22N2O3S/c1-22(2)17(12-23)24-20(26)18(21(24)28-22)19(25)15-10-6-7-11-16(15)27-13-14-8-4-3-5-9-14/h3-11,17-19,21,25H,13H2,1-2H3/t17-,18?,19?,21+/m0/s1. The molecule has 2 aromatic rings. The molecule has 2 aromatic carbocycles. The molecule has 2 heterocycles. The number of carbonyl (C=O) groups excluding carboxylic acids is 1. The van der Waals surface area contributed by atoms with Crippen LogP contribution in [-0.4, -0.2) is 32.1 Å². The largest absolute Gasteiger partial charge is 0.489 e. The third-order valence-electron chi connectivity index (χ3n) is 5.42. The van der Waals surface area contributed by atoms with E-state index >= 15 is 0 Å². The number of nitriles is 1. The molecular formula is C22H22N2O3S. The van der Waals surface area contributed by atoms with Crippen molar-refractivity contribution >= 4 is 17.7 Å². The number of aliphatic hydroxyl groups excluding tert-OH is 1. The molecule has 1 amide bonds. The molecule has 0 aliphatic carbocycles. The van der Waals surface area contributed by atoms with E-state index in [0.29, 0.717) is 17.9 Å². The lowest BCUT2D eigenvalue weighted by Crippen LogP contribution is -2.61. The highest BCUT2D eigenvalue weighted by atomic mass is 32.2. The molecule has 0 radical (unpaired) electrons. The highest BCUT2D eigenvalue weighted by molar-refractivity contribution is 8.01. The molecule has 1 N–H and O–H groups in total. The highest BCUT2D eigenvalue weighted by Gasteiger charge is 2.63. The third kappa shape index (κ3) is 3.05. The first-order valence-electron chi connectivity index (χ1n) is 9.27. The number of nitrogens with zero attached hydrogens (tertiary/aromatic N) is 2. The van der Waals surface area contributed by atoms with Gasteiger partial charge in [-0.1, -0.05) is 48.5 Å². The van der Waals surface area contributed by atoms with Crippen LogP contribution in [0.3, 0.4) is 0 Å². The first kappa shape index (κ1) is 18.9. The zero-order valence-electron chi connectivity index (χ0n) is 15.8. The van der Waals surface area contributed by atoms with Crippen molar-refractivity contribution in [2.24, 2.45) is 5.92 Å². The van der Waals surface area contributed by atoms with Gasteiger partial charge in [-0.05, 0) is 25.5 Å². The smallest absolute Gasteiger partial charge is 0.233 e. The Morgan fingerprint density at radius 3 is 2.61 bits per heavy atom. The summed E-state index contributed by atoms with van der Waals surface area (Å²) in [5.74, 6) is -0.159. The van der Waals surface area contributed by atoms with Crippen molar-refractivity contribution in [2.45, 2.75) is 42.7 Å². The number of hydrogen-bond donors (Lipinski definition) is 1. The summed E-state index contributed by atoms with van der Waals surface area (Å²) in [4.78, 5) is 14.4. The van der Waals surface area contributed by atoms with Gasteiger partial charge >= 0.3 is 0 Å². The van der Waals surface area contributed by atoms with Gasteiger partial charge in [0.05, 0.1) is 23.5 Å². The molecular weight excluding hydrogens is 372 g/mol. The second-order valence-electron chi connectivity index (χ2n) is 7.67. The Labute approximate surface area is 168 Å². The van der Waals surface area contributed by atoms with E-state index in [9.17, 15) is 15.2 Å². The molecule has 0 bridgehead atoms. The van der Waals surface area contributed by atoms with Gasteiger partial charge in [0.15, 0.2) is 0 Å². The van der Waals surface area contributed by atoms with Gasteiger partial charge in [0.25, 0.3) is 0 Å². The normalized spacial score (nSPS) is 26.1. The number of benzene rings is 2. The van der Waals surface area contributed by atoms with Crippen molar-refractivity contribution in [3.8, 4) is 11.8 Å². The Balaban J connectivity index is 1.54. The lowest BCUT2D eigenvalue weighted by atomic mass is 9.85. The number of carbonyl (C=O) groups is 1. The summed E-state index contributed by atoms with van der Waals surface area (Å²) in [6, 6.07) is 18.9. The van der Waals surface area contributed by atoms with E-state index in [-0.39, 0.29) is 16.0 Å². The van der Waals surface area contributed by atoms with Gasteiger partial charge < -0.3 is 14.7 Å². The minimum Gasteiger partial charge on any atom is -0.489 e. The molecule has 4 rings (SSSR count). The highest BCUT2D eigenvalue weighted by Crippen LogP contribution is 2.56. The van der Waals surface area contributed by atoms with Crippen LogP contribution >= 0.6 is 11.8 Å². The molecule has 2 saturated heterocycles. The summed E-state index contributed by atoms with van der Waals surface area (Å²) < 4.78 is 5.59. The monoisotopic (exact) mass is 394 g/mol. The summed E-state index contributed by atoms with van der Waals surface area (Å²) in [6.07, 6.45) is -0.971. The van der Waals surface area contributed by atoms with Gasteiger partial charge in [-0.25, -0.2) is 0 Å². The van der Waals surface area contributed by atoms with E-state index in [4.69, 9.17) is 4.74 Å². The van der Waals surface area contributed by atoms with Crippen LogP contribution in [0.2, 0.25) is 0 Å². The molecule has 2 fully saturated rings. The average molecular weight is 394 g/mol. The maximum Gasteiger partial charge on any atom is 0.233 e. The Morgan fingerprint density at radius 2 is 1.89 bits per heavy atom. The van der Waals surface area contributed by atoms with E-state index in [2.05, 4.69) is 6.07 Å². The number of hydrogen-bond acceptors (Lipinski definition) is 5. The van der Waals surface area contributed by atoms with Crippen molar-refractivity contribution in [2.75, 3.05) is 0 Å². The predicted octanol–water partition coefficient (Wildman–Crippen LogP) is 3.50. The third-order valence-corrected chi connectivity index (χ3v) is 7.01. The van der Waals surface area contributed by atoms with Gasteiger partial charge in [0, 0.05) is 10.3 Å². The van der Waals surface area contributed by atoms with Crippen LogP contribution in [0.15, 0.2) is 54.6 Å². The second-order valence-corrected chi connectivity index (χ2v) is 9.44. The van der Waals surface area contributed by atoms with E-state index in [1.165, 1.54) is 0 Å². The van der Waals surface area contributed by atoms with Crippen molar-refractivity contribution in [3.05, 3.63) is 65.7 Å². The van der Waals surface area contributed by atoms with Crippen LogP contribution in [0, 0.1) is 17.2 Å². The lowest BCUT2D eigenvalue weighted by molar-refractivity contribution is -0.159. The van der Waals surface area contributed by atoms with E-state index in [1.54, 1.807) is 22.7 Å². The Morgan fingerprint density at radius 1 is 1.21 bits per heavy atom. The molecule has 5 nitrogen and oxygen atoms in total. The quantitative estimate of drug-likeness (QED) is 0.786. The number of para-hydroxylation sites is 1. The van der Waals surface area contributed by atoms with Crippen molar-refractivity contribution in [1.82, 2.24) is 4.90 Å². The molecule has 0 saturated carbocycles. The van der Waals surface area contributed by atoms with E-state index < -0.39 is 18.1 Å². The van der Waals surface area contributed by atoms with Gasteiger partial charge in [-0.15, -0.1) is 11.8 Å². The topological polar surface area (TPSA) is 73.6 Å². The first-order chi connectivity index (χ1) is 13.4. The summed E-state index contributed by atoms with van der Waals surface area (Å²) in [5.41, 5.74) is 1.64. The summed E-state index contributed by atoms with van der Waals surface area (Å²) in [5, 5.41) is 20.3. The van der Waals surface area contributed by atoms with Crippen LogP contribution in [0.1, 0.15) is 31.1 Å². The van der Waals surface area contributed by atoms with Crippen LogP contribution in [-0.2, 0) is 11.4 Å². The number of aliphatic hydroxyl groups is 1. The molecule has 0 spiro atoms. The predicted molar refractivity (Wildman–Crippen MR) is 107 cm³/mol. The minimum absolute atomic E-state index is 0.167. The number of rotatable bonds is 5. The molecule has 28 heavy (non-hydrogen) atoms.